The predicted octanol–water partition coefficient (Wildman–Crippen LogP) is 3.21. The van der Waals surface area contributed by atoms with Crippen LogP contribution in [0.4, 0.5) is 5.82 Å². The topological polar surface area (TPSA) is 61.2 Å². The Morgan fingerprint density at radius 1 is 1.12 bits per heavy atom. The van der Waals surface area contributed by atoms with Crippen molar-refractivity contribution < 1.29 is 9.47 Å². The van der Waals surface area contributed by atoms with Gasteiger partial charge in [0, 0.05) is 47.9 Å². The Morgan fingerprint density at radius 2 is 1.92 bits per heavy atom. The molecule has 6 nitrogen and oxygen atoms in total. The molecule has 0 unspecified atom stereocenters. The summed E-state index contributed by atoms with van der Waals surface area (Å²) < 4.78 is 12.8. The SMILES string of the molecule is COc1cc(OC)c2ccnc(NCc3c(C)nn(C)c3C)c2c1. The van der Waals surface area contributed by atoms with Gasteiger partial charge in [0.05, 0.1) is 19.9 Å². The molecule has 3 rings (SSSR count). The van der Waals surface area contributed by atoms with Crippen LogP contribution in [0.3, 0.4) is 0 Å². The number of hydrogen-bond donors (Lipinski definition) is 1. The van der Waals surface area contributed by atoms with Crippen molar-refractivity contribution >= 4 is 16.6 Å². The Balaban J connectivity index is 2.00. The number of aryl methyl sites for hydroxylation is 2. The molecule has 0 bridgehead atoms. The van der Waals surface area contributed by atoms with Crippen LogP contribution in [0.25, 0.3) is 10.8 Å². The average Bonchev–Trinajstić information content (AvgIpc) is 2.84. The fraction of sp³-hybridized carbons (Fsp3) is 0.333. The lowest BCUT2D eigenvalue weighted by Crippen LogP contribution is -2.04. The number of pyridine rings is 1. The maximum atomic E-state index is 5.48. The van der Waals surface area contributed by atoms with Gasteiger partial charge < -0.3 is 14.8 Å². The zero-order chi connectivity index (χ0) is 17.3. The van der Waals surface area contributed by atoms with Crippen LogP contribution < -0.4 is 14.8 Å². The fourth-order valence-electron chi connectivity index (χ4n) is 2.90. The van der Waals surface area contributed by atoms with Crippen molar-refractivity contribution in [1.29, 1.82) is 0 Å². The molecule has 0 amide bonds. The van der Waals surface area contributed by atoms with Crippen LogP contribution in [0.15, 0.2) is 24.4 Å². The van der Waals surface area contributed by atoms with Crippen molar-refractivity contribution in [1.82, 2.24) is 14.8 Å². The number of aromatic nitrogens is 3. The Morgan fingerprint density at radius 3 is 2.54 bits per heavy atom. The molecule has 0 atom stereocenters. The summed E-state index contributed by atoms with van der Waals surface area (Å²) in [7, 11) is 5.26. The summed E-state index contributed by atoms with van der Waals surface area (Å²) in [6.45, 7) is 4.75. The molecule has 0 aliphatic carbocycles. The molecule has 2 heterocycles. The number of nitrogens with one attached hydrogen (secondary N) is 1. The van der Waals surface area contributed by atoms with E-state index in [4.69, 9.17) is 9.47 Å². The standard InChI is InChI=1S/C18H22N4O2/c1-11-16(12(2)22(3)21-11)10-20-18-15-8-13(23-4)9-17(24-5)14(15)6-7-19-18/h6-9H,10H2,1-5H3,(H,19,20). The van der Waals surface area contributed by atoms with Crippen LogP contribution in [0.1, 0.15) is 17.0 Å². The Bertz CT molecular complexity index is 886. The maximum Gasteiger partial charge on any atom is 0.134 e. The lowest BCUT2D eigenvalue weighted by molar-refractivity contribution is 0.398. The van der Waals surface area contributed by atoms with Crippen molar-refractivity contribution in [3.8, 4) is 11.5 Å². The molecule has 0 saturated carbocycles. The van der Waals surface area contributed by atoms with Crippen molar-refractivity contribution in [2.45, 2.75) is 20.4 Å². The average molecular weight is 326 g/mol. The minimum absolute atomic E-state index is 0.664. The molecule has 0 aliphatic heterocycles. The molecule has 0 radical (unpaired) electrons. The van der Waals surface area contributed by atoms with E-state index in [1.54, 1.807) is 20.4 Å². The second-order valence-electron chi connectivity index (χ2n) is 5.71. The van der Waals surface area contributed by atoms with E-state index in [-0.39, 0.29) is 0 Å². The van der Waals surface area contributed by atoms with E-state index in [0.29, 0.717) is 6.54 Å². The monoisotopic (exact) mass is 326 g/mol. The summed E-state index contributed by atoms with van der Waals surface area (Å²) >= 11 is 0. The van der Waals surface area contributed by atoms with E-state index in [2.05, 4.69) is 22.3 Å². The van der Waals surface area contributed by atoms with Crippen LogP contribution in [-0.4, -0.2) is 29.0 Å². The van der Waals surface area contributed by atoms with Crippen molar-refractivity contribution in [3.05, 3.63) is 41.3 Å². The van der Waals surface area contributed by atoms with Gasteiger partial charge in [-0.2, -0.15) is 5.10 Å². The molecule has 0 spiro atoms. The summed E-state index contributed by atoms with van der Waals surface area (Å²) in [4.78, 5) is 4.49. The summed E-state index contributed by atoms with van der Waals surface area (Å²) in [6, 6.07) is 5.79. The lowest BCUT2D eigenvalue weighted by atomic mass is 10.1. The second kappa shape index (κ2) is 6.39. The first-order valence-corrected chi connectivity index (χ1v) is 7.78. The van der Waals surface area contributed by atoms with Crippen LogP contribution >= 0.6 is 0 Å². The molecule has 0 fully saturated rings. The number of fused-ring (bicyclic) bond motifs is 1. The van der Waals surface area contributed by atoms with Crippen LogP contribution in [-0.2, 0) is 13.6 Å². The largest absolute Gasteiger partial charge is 0.497 e. The number of hydrogen-bond acceptors (Lipinski definition) is 5. The molecule has 3 aromatic rings. The fourth-order valence-corrected chi connectivity index (χ4v) is 2.90. The van der Waals surface area contributed by atoms with Crippen LogP contribution in [0, 0.1) is 13.8 Å². The van der Waals surface area contributed by atoms with Crippen molar-refractivity contribution in [2.75, 3.05) is 19.5 Å². The zero-order valence-corrected chi connectivity index (χ0v) is 14.7. The minimum atomic E-state index is 0.664. The van der Waals surface area contributed by atoms with Gasteiger partial charge in [-0.15, -0.1) is 0 Å². The van der Waals surface area contributed by atoms with Gasteiger partial charge in [-0.1, -0.05) is 0 Å². The third-order valence-corrected chi connectivity index (χ3v) is 4.36. The van der Waals surface area contributed by atoms with Crippen LogP contribution in [0.2, 0.25) is 0 Å². The molecule has 126 valence electrons. The maximum absolute atomic E-state index is 5.48. The third kappa shape index (κ3) is 2.75. The number of methoxy groups -OCH3 is 2. The molecule has 1 N–H and O–H groups in total. The third-order valence-electron chi connectivity index (χ3n) is 4.36. The smallest absolute Gasteiger partial charge is 0.134 e. The highest BCUT2D eigenvalue weighted by Gasteiger charge is 2.12. The Hall–Kier alpha value is -2.76. The van der Waals surface area contributed by atoms with Gasteiger partial charge in [0.1, 0.15) is 17.3 Å². The first-order chi connectivity index (χ1) is 11.5. The van der Waals surface area contributed by atoms with E-state index >= 15 is 0 Å². The molecular weight excluding hydrogens is 304 g/mol. The van der Waals surface area contributed by atoms with Gasteiger partial charge in [-0.25, -0.2) is 4.98 Å². The second-order valence-corrected chi connectivity index (χ2v) is 5.71. The minimum Gasteiger partial charge on any atom is -0.497 e. The number of benzene rings is 1. The van der Waals surface area contributed by atoms with Gasteiger partial charge >= 0.3 is 0 Å². The highest BCUT2D eigenvalue weighted by Crippen LogP contribution is 2.34. The molecule has 0 saturated heterocycles. The van der Waals surface area contributed by atoms with E-state index in [1.807, 2.05) is 36.9 Å². The number of nitrogens with zero attached hydrogens (tertiary/aromatic N) is 3. The zero-order valence-electron chi connectivity index (χ0n) is 14.7. The van der Waals surface area contributed by atoms with Gasteiger partial charge in [0.15, 0.2) is 0 Å². The van der Waals surface area contributed by atoms with E-state index in [1.165, 1.54) is 5.56 Å². The Labute approximate surface area is 141 Å². The molecule has 2 aromatic heterocycles. The summed E-state index contributed by atoms with van der Waals surface area (Å²) in [5.41, 5.74) is 3.36. The summed E-state index contributed by atoms with van der Waals surface area (Å²) in [5.74, 6) is 2.31. The van der Waals surface area contributed by atoms with Gasteiger partial charge in [-0.3, -0.25) is 4.68 Å². The van der Waals surface area contributed by atoms with E-state index in [9.17, 15) is 0 Å². The molecule has 1 aromatic carbocycles. The van der Waals surface area contributed by atoms with Gasteiger partial charge in [0.2, 0.25) is 0 Å². The van der Waals surface area contributed by atoms with Gasteiger partial charge in [-0.05, 0) is 26.0 Å². The number of anilines is 1. The lowest BCUT2D eigenvalue weighted by Gasteiger charge is -2.13. The molecular formula is C18H22N4O2. The summed E-state index contributed by atoms with van der Waals surface area (Å²) in [6.07, 6.45) is 1.78. The molecule has 0 aliphatic rings. The predicted molar refractivity (Wildman–Crippen MR) is 94.9 cm³/mol. The quantitative estimate of drug-likeness (QED) is 0.780. The highest BCUT2D eigenvalue weighted by molar-refractivity contribution is 5.97. The molecule has 24 heavy (non-hydrogen) atoms. The summed E-state index contributed by atoms with van der Waals surface area (Å²) in [5, 5.41) is 9.84. The van der Waals surface area contributed by atoms with Gasteiger partial charge in [0.25, 0.3) is 0 Å². The first-order valence-electron chi connectivity index (χ1n) is 7.78. The first kappa shape index (κ1) is 16.1. The highest BCUT2D eigenvalue weighted by atomic mass is 16.5. The van der Waals surface area contributed by atoms with E-state index < -0.39 is 0 Å². The Kier molecular flexibility index (Phi) is 4.29. The normalized spacial score (nSPS) is 10.9. The van der Waals surface area contributed by atoms with E-state index in [0.717, 1.165) is 39.5 Å². The number of ether oxygens (including phenoxy) is 2. The number of rotatable bonds is 5. The molecule has 6 heteroatoms. The van der Waals surface area contributed by atoms with Crippen molar-refractivity contribution in [3.63, 3.8) is 0 Å². The van der Waals surface area contributed by atoms with Crippen molar-refractivity contribution in [2.24, 2.45) is 7.05 Å². The van der Waals surface area contributed by atoms with Crippen LogP contribution in [0.5, 0.6) is 11.5 Å².